The van der Waals surface area contributed by atoms with Crippen molar-refractivity contribution < 1.29 is 0 Å². The van der Waals surface area contributed by atoms with Crippen LogP contribution >= 0.6 is 0 Å². The molecule has 1 rings (SSSR count). The van der Waals surface area contributed by atoms with E-state index in [9.17, 15) is 0 Å². The van der Waals surface area contributed by atoms with Crippen LogP contribution in [0.2, 0.25) is 0 Å². The van der Waals surface area contributed by atoms with Gasteiger partial charge in [-0.1, -0.05) is 85.0 Å². The Morgan fingerprint density at radius 3 is 1.54 bits per heavy atom. The van der Waals surface area contributed by atoms with Crippen LogP contribution in [0.4, 0.5) is 0 Å². The summed E-state index contributed by atoms with van der Waals surface area (Å²) in [6.07, 6.45) is 24.7. The van der Waals surface area contributed by atoms with Crippen LogP contribution < -0.4 is 0 Å². The highest BCUT2D eigenvalue weighted by Crippen LogP contribution is 2.23. The lowest BCUT2D eigenvalue weighted by Gasteiger charge is -2.33. The maximum absolute atomic E-state index is 2.63. The normalized spacial score (nSPS) is 17.2. The van der Waals surface area contributed by atoms with Crippen LogP contribution in [-0.4, -0.2) is 29.1 Å². The maximum atomic E-state index is 2.63. The van der Waals surface area contributed by atoms with Crippen LogP contribution in [0, 0.1) is 0 Å². The van der Waals surface area contributed by atoms with Crippen molar-refractivity contribution in [3.05, 3.63) is 12.4 Å². The van der Waals surface area contributed by atoms with E-state index in [1.54, 1.807) is 0 Å². The summed E-state index contributed by atoms with van der Waals surface area (Å²) in [4.78, 5) is 5.25. The van der Waals surface area contributed by atoms with E-state index in [0.29, 0.717) is 6.17 Å². The van der Waals surface area contributed by atoms with Crippen molar-refractivity contribution in [2.24, 2.45) is 0 Å². The van der Waals surface area contributed by atoms with E-state index in [-0.39, 0.29) is 0 Å². The van der Waals surface area contributed by atoms with Crippen molar-refractivity contribution >= 4 is 0 Å². The Kier molecular flexibility index (Phi) is 13.1. The minimum absolute atomic E-state index is 0.647. The van der Waals surface area contributed by atoms with Gasteiger partial charge < -0.3 is 9.80 Å². The van der Waals surface area contributed by atoms with Crippen LogP contribution in [0.1, 0.15) is 111 Å². The predicted octanol–water partition coefficient (Wildman–Crippen LogP) is 6.92. The monoisotopic (exact) mass is 336 g/mol. The Hall–Kier alpha value is -0.660. The van der Waals surface area contributed by atoms with E-state index in [1.165, 1.54) is 103 Å². The summed E-state index contributed by atoms with van der Waals surface area (Å²) in [7, 11) is 0. The zero-order valence-electron chi connectivity index (χ0n) is 16.9. The maximum Gasteiger partial charge on any atom is 0.101 e. The lowest BCUT2D eigenvalue weighted by atomic mass is 10.1. The fraction of sp³-hybridized carbons (Fsp3) is 0.909. The molecular weight excluding hydrogens is 292 g/mol. The van der Waals surface area contributed by atoms with Crippen LogP contribution in [-0.2, 0) is 0 Å². The van der Waals surface area contributed by atoms with Gasteiger partial charge in [0.25, 0.3) is 0 Å². The zero-order valence-corrected chi connectivity index (χ0v) is 16.9. The first-order valence-corrected chi connectivity index (χ1v) is 11.0. The van der Waals surface area contributed by atoms with Crippen molar-refractivity contribution in [3.8, 4) is 0 Å². The molecular formula is C22H44N2. The van der Waals surface area contributed by atoms with Gasteiger partial charge in [-0.25, -0.2) is 0 Å². The predicted molar refractivity (Wildman–Crippen MR) is 108 cm³/mol. The molecule has 0 aromatic heterocycles. The van der Waals surface area contributed by atoms with Crippen molar-refractivity contribution in [1.29, 1.82) is 0 Å². The third-order valence-corrected chi connectivity index (χ3v) is 5.32. The molecule has 0 N–H and O–H groups in total. The molecule has 0 saturated heterocycles. The number of rotatable bonds is 16. The SMILES string of the molecule is CCCCCCCCCN1C=CN(CCCCC)C1CCCCC. The highest BCUT2D eigenvalue weighted by atomic mass is 15.4. The third-order valence-electron chi connectivity index (χ3n) is 5.32. The second kappa shape index (κ2) is 14.7. The molecule has 1 unspecified atom stereocenters. The van der Waals surface area contributed by atoms with Gasteiger partial charge in [0.2, 0.25) is 0 Å². The summed E-state index contributed by atoms with van der Waals surface area (Å²) in [6, 6.07) is 0. The van der Waals surface area contributed by atoms with Gasteiger partial charge in [0, 0.05) is 25.5 Å². The molecule has 0 spiro atoms. The Morgan fingerprint density at radius 1 is 0.542 bits per heavy atom. The topological polar surface area (TPSA) is 6.48 Å². The van der Waals surface area contributed by atoms with Crippen LogP contribution in [0.3, 0.4) is 0 Å². The summed E-state index contributed by atoms with van der Waals surface area (Å²) >= 11 is 0. The van der Waals surface area contributed by atoms with Crippen LogP contribution in [0.5, 0.6) is 0 Å². The first-order valence-electron chi connectivity index (χ1n) is 11.0. The van der Waals surface area contributed by atoms with Gasteiger partial charge in [-0.2, -0.15) is 0 Å². The number of hydrogen-bond donors (Lipinski definition) is 0. The zero-order chi connectivity index (χ0) is 17.5. The van der Waals surface area contributed by atoms with Gasteiger partial charge >= 0.3 is 0 Å². The highest BCUT2D eigenvalue weighted by Gasteiger charge is 2.24. The lowest BCUT2D eigenvalue weighted by molar-refractivity contribution is 0.136. The lowest BCUT2D eigenvalue weighted by Crippen LogP contribution is -2.39. The molecule has 0 saturated carbocycles. The average molecular weight is 337 g/mol. The molecule has 0 aliphatic carbocycles. The summed E-state index contributed by atoms with van der Waals surface area (Å²) in [5, 5.41) is 0. The molecule has 142 valence electrons. The quantitative estimate of drug-likeness (QED) is 0.282. The molecule has 0 aromatic carbocycles. The summed E-state index contributed by atoms with van der Waals surface area (Å²) in [5.74, 6) is 0. The van der Waals surface area contributed by atoms with Crippen LogP contribution in [0.25, 0.3) is 0 Å². The fourth-order valence-corrected chi connectivity index (χ4v) is 3.71. The van der Waals surface area contributed by atoms with Crippen molar-refractivity contribution in [2.75, 3.05) is 13.1 Å². The summed E-state index contributed by atoms with van der Waals surface area (Å²) in [6.45, 7) is 9.40. The molecule has 0 radical (unpaired) electrons. The molecule has 1 atom stereocenters. The Morgan fingerprint density at radius 2 is 0.958 bits per heavy atom. The molecule has 0 aromatic rings. The molecule has 0 fully saturated rings. The van der Waals surface area contributed by atoms with E-state index in [4.69, 9.17) is 0 Å². The van der Waals surface area contributed by atoms with Gasteiger partial charge in [-0.15, -0.1) is 0 Å². The van der Waals surface area contributed by atoms with Crippen molar-refractivity contribution in [2.45, 2.75) is 117 Å². The van der Waals surface area contributed by atoms with Crippen molar-refractivity contribution in [3.63, 3.8) is 0 Å². The number of hydrogen-bond acceptors (Lipinski definition) is 2. The average Bonchev–Trinajstić information content (AvgIpc) is 2.97. The molecule has 0 amide bonds. The van der Waals surface area contributed by atoms with Gasteiger partial charge in [0.05, 0.1) is 0 Å². The fourth-order valence-electron chi connectivity index (χ4n) is 3.71. The molecule has 1 heterocycles. The molecule has 0 bridgehead atoms. The second-order valence-corrected chi connectivity index (χ2v) is 7.58. The van der Waals surface area contributed by atoms with Crippen molar-refractivity contribution in [1.82, 2.24) is 9.80 Å². The highest BCUT2D eigenvalue weighted by molar-refractivity contribution is 4.96. The first-order chi connectivity index (χ1) is 11.8. The van der Waals surface area contributed by atoms with E-state index >= 15 is 0 Å². The molecule has 2 nitrogen and oxygen atoms in total. The summed E-state index contributed by atoms with van der Waals surface area (Å²) < 4.78 is 0. The Labute approximate surface area is 152 Å². The molecule has 24 heavy (non-hydrogen) atoms. The minimum Gasteiger partial charge on any atom is -0.356 e. The van der Waals surface area contributed by atoms with Gasteiger partial charge in [0.1, 0.15) is 6.17 Å². The van der Waals surface area contributed by atoms with E-state index in [0.717, 1.165) is 0 Å². The minimum atomic E-state index is 0.647. The number of nitrogens with zero attached hydrogens (tertiary/aromatic N) is 2. The summed E-state index contributed by atoms with van der Waals surface area (Å²) in [5.41, 5.74) is 0. The first kappa shape index (κ1) is 21.4. The van der Waals surface area contributed by atoms with E-state index < -0.39 is 0 Å². The smallest absolute Gasteiger partial charge is 0.101 e. The molecule has 1 aliphatic rings. The van der Waals surface area contributed by atoms with Gasteiger partial charge in [-0.05, 0) is 25.7 Å². The van der Waals surface area contributed by atoms with E-state index in [1.807, 2.05) is 0 Å². The third kappa shape index (κ3) is 8.99. The van der Waals surface area contributed by atoms with E-state index in [2.05, 4.69) is 43.0 Å². The Bertz CT molecular complexity index is 300. The van der Waals surface area contributed by atoms with Gasteiger partial charge in [0.15, 0.2) is 0 Å². The van der Waals surface area contributed by atoms with Crippen LogP contribution in [0.15, 0.2) is 12.4 Å². The molecule has 2 heteroatoms. The number of unbranched alkanes of at least 4 members (excludes halogenated alkanes) is 10. The Balaban J connectivity index is 2.27. The standard InChI is InChI=1S/C22H44N2/c1-4-7-10-11-12-13-16-19-24-21-20-23(18-15-9-6-3)22(24)17-14-8-5-2/h20-22H,4-19H2,1-3H3. The largest absolute Gasteiger partial charge is 0.356 e. The molecule has 1 aliphatic heterocycles. The van der Waals surface area contributed by atoms with Gasteiger partial charge in [-0.3, -0.25) is 0 Å². The second-order valence-electron chi connectivity index (χ2n) is 7.58.